The summed E-state index contributed by atoms with van der Waals surface area (Å²) in [6.45, 7) is 2.65. The van der Waals surface area contributed by atoms with Crippen molar-refractivity contribution in [3.05, 3.63) is 0 Å². The van der Waals surface area contributed by atoms with Crippen LogP contribution in [-0.2, 0) is 0 Å². The second-order valence-electron chi connectivity index (χ2n) is 6.56. The predicted octanol–water partition coefficient (Wildman–Crippen LogP) is 3.37. The van der Waals surface area contributed by atoms with E-state index >= 15 is 0 Å². The molecule has 6 saturated carbocycles. The number of alkyl halides is 2. The lowest BCUT2D eigenvalue weighted by atomic mass is 9.64. The van der Waals surface area contributed by atoms with Crippen molar-refractivity contribution in [1.29, 1.82) is 0 Å². The van der Waals surface area contributed by atoms with Crippen LogP contribution >= 0.6 is 45.2 Å². The highest BCUT2D eigenvalue weighted by Crippen LogP contribution is 2.89. The van der Waals surface area contributed by atoms with E-state index in [-0.39, 0.29) is 0 Å². The maximum absolute atomic E-state index is 2.82. The highest BCUT2D eigenvalue weighted by Gasteiger charge is 2.86. The second kappa shape index (κ2) is 2.08. The fraction of sp³-hybridized carbons (Fsp3) is 1.00. The van der Waals surface area contributed by atoms with E-state index in [1.54, 1.807) is 6.42 Å². The third-order valence-corrected chi connectivity index (χ3v) is 10.6. The summed E-state index contributed by atoms with van der Waals surface area (Å²) in [5, 5.41) is 0. The van der Waals surface area contributed by atoms with Crippen molar-refractivity contribution < 1.29 is 0 Å². The molecule has 6 rings (SSSR count). The number of halogens is 2. The molecule has 6 bridgehead atoms. The minimum Gasteiger partial charge on any atom is -0.0820 e. The van der Waals surface area contributed by atoms with Crippen molar-refractivity contribution in [1.82, 2.24) is 0 Å². The van der Waals surface area contributed by atoms with E-state index in [1.807, 2.05) is 0 Å². The average Bonchev–Trinajstić information content (AvgIpc) is 2.81. The maximum Gasteiger partial charge on any atom is 0.0203 e. The monoisotopic (exact) mass is 412 g/mol. The molecule has 0 aromatic heterocycles. The fourth-order valence-corrected chi connectivity index (χ4v) is 11.1. The van der Waals surface area contributed by atoms with Crippen LogP contribution in [0, 0.1) is 46.8 Å². The fourth-order valence-electron chi connectivity index (χ4n) is 6.99. The maximum atomic E-state index is 2.82. The van der Waals surface area contributed by atoms with Crippen LogP contribution in [0.3, 0.4) is 0 Å². The number of hydrogen-bond acceptors (Lipinski definition) is 0. The zero-order chi connectivity index (χ0) is 9.40. The molecule has 10 atom stereocenters. The van der Waals surface area contributed by atoms with Crippen molar-refractivity contribution in [2.24, 2.45) is 46.8 Å². The summed E-state index contributed by atoms with van der Waals surface area (Å²) >= 11 is 5.64. The quantitative estimate of drug-likeness (QED) is 0.423. The zero-order valence-electron chi connectivity index (χ0n) is 8.16. The highest BCUT2D eigenvalue weighted by atomic mass is 127. The molecule has 0 aliphatic heterocycles. The minimum atomic E-state index is 0.782. The molecule has 14 heavy (non-hydrogen) atoms. The Bertz CT molecular complexity index is 348. The summed E-state index contributed by atoms with van der Waals surface area (Å²) in [4.78, 5) is 0. The number of rotatable bonds is 0. The third-order valence-electron chi connectivity index (χ3n) is 6.84. The Balaban J connectivity index is 1.88. The lowest BCUT2D eigenvalue weighted by molar-refractivity contribution is 0.0703. The van der Waals surface area contributed by atoms with Gasteiger partial charge in [-0.2, -0.15) is 0 Å². The molecule has 76 valence electrons. The van der Waals surface area contributed by atoms with E-state index in [1.165, 1.54) is 17.8 Å². The van der Waals surface area contributed by atoms with Crippen molar-refractivity contribution >= 4 is 45.2 Å². The first-order valence-corrected chi connectivity index (χ1v) is 8.44. The van der Waals surface area contributed by atoms with Crippen LogP contribution in [0.15, 0.2) is 0 Å². The summed E-state index contributed by atoms with van der Waals surface area (Å²) in [5.41, 5.74) is 0.782. The molecular formula is C12H14I2. The van der Waals surface area contributed by atoms with Gasteiger partial charge in [-0.05, 0) is 53.3 Å². The molecule has 0 spiro atoms. The van der Waals surface area contributed by atoms with Gasteiger partial charge < -0.3 is 0 Å². The molecule has 0 unspecified atom stereocenters. The van der Waals surface area contributed by atoms with E-state index in [0.717, 1.165) is 36.9 Å². The van der Waals surface area contributed by atoms with Gasteiger partial charge in [0.2, 0.25) is 0 Å². The van der Waals surface area contributed by atoms with Gasteiger partial charge in [0.05, 0.1) is 0 Å². The SMILES string of the molecule is C[C@]12[C@@H]3[C@H](I)[C@@H]4[C@H]5C[C@H]([C@@H]([C@H]53)[C@H]1I)[C@H]42. The van der Waals surface area contributed by atoms with Gasteiger partial charge in [-0.25, -0.2) is 0 Å². The summed E-state index contributed by atoms with van der Waals surface area (Å²) in [7, 11) is 0. The van der Waals surface area contributed by atoms with E-state index < -0.39 is 0 Å². The summed E-state index contributed by atoms with van der Waals surface area (Å²) in [6.07, 6.45) is 1.63. The molecule has 0 saturated heterocycles. The molecule has 0 heterocycles. The molecule has 6 aliphatic carbocycles. The molecule has 0 amide bonds. The standard InChI is InChI=1S/C12H14I2/c1-12-8-4-2-3-5(6(4)11(12)14)9(12)10(13)7(3)8/h3-11H,2H2,1H3/t3-,4+,5-,6-,7+,8+,9-,10+,11+,12-/m0/s1. The van der Waals surface area contributed by atoms with Crippen LogP contribution in [0.4, 0.5) is 0 Å². The first-order chi connectivity index (χ1) is 6.67. The largest absolute Gasteiger partial charge is 0.0820 e. The Morgan fingerprint density at radius 2 is 1.79 bits per heavy atom. The summed E-state index contributed by atoms with van der Waals surface area (Å²) in [5.74, 6) is 8.18. The molecule has 2 heteroatoms. The van der Waals surface area contributed by atoms with Crippen molar-refractivity contribution in [3.8, 4) is 0 Å². The summed E-state index contributed by atoms with van der Waals surface area (Å²) < 4.78 is 2.10. The summed E-state index contributed by atoms with van der Waals surface area (Å²) in [6, 6.07) is 0. The predicted molar refractivity (Wildman–Crippen MR) is 72.8 cm³/mol. The zero-order valence-corrected chi connectivity index (χ0v) is 12.5. The first kappa shape index (κ1) is 8.54. The minimum absolute atomic E-state index is 0.782. The average molecular weight is 412 g/mol. The van der Waals surface area contributed by atoms with Crippen LogP contribution in [0.25, 0.3) is 0 Å². The van der Waals surface area contributed by atoms with Gasteiger partial charge in [-0.15, -0.1) is 0 Å². The highest BCUT2D eigenvalue weighted by molar-refractivity contribution is 14.1. The number of hydrogen-bond donors (Lipinski definition) is 0. The molecule has 0 aromatic carbocycles. The van der Waals surface area contributed by atoms with Crippen LogP contribution < -0.4 is 0 Å². The normalized spacial score (nSPS) is 85.5. The van der Waals surface area contributed by atoms with Gasteiger partial charge in [0, 0.05) is 7.85 Å². The molecule has 0 aromatic rings. The van der Waals surface area contributed by atoms with Crippen LogP contribution in [-0.4, -0.2) is 7.85 Å². The Morgan fingerprint density at radius 1 is 1.00 bits per heavy atom. The van der Waals surface area contributed by atoms with Gasteiger partial charge >= 0.3 is 0 Å². The van der Waals surface area contributed by atoms with Gasteiger partial charge in [-0.3, -0.25) is 0 Å². The van der Waals surface area contributed by atoms with Crippen molar-refractivity contribution in [3.63, 3.8) is 0 Å². The molecular weight excluding hydrogens is 398 g/mol. The topological polar surface area (TPSA) is 0 Å². The Kier molecular flexibility index (Phi) is 1.27. The Hall–Kier alpha value is 1.46. The second-order valence-corrected chi connectivity index (χ2v) is 9.34. The Labute approximate surface area is 112 Å². The lowest BCUT2D eigenvalue weighted by Crippen LogP contribution is -2.37. The molecule has 0 radical (unpaired) electrons. The lowest BCUT2D eigenvalue weighted by Gasteiger charge is -2.40. The van der Waals surface area contributed by atoms with Gasteiger partial charge in [0.1, 0.15) is 0 Å². The Morgan fingerprint density at radius 3 is 2.50 bits per heavy atom. The smallest absolute Gasteiger partial charge is 0.0203 e. The van der Waals surface area contributed by atoms with Gasteiger partial charge in [-0.1, -0.05) is 52.1 Å². The first-order valence-electron chi connectivity index (χ1n) is 5.95. The van der Waals surface area contributed by atoms with E-state index in [9.17, 15) is 0 Å². The third kappa shape index (κ3) is 0.519. The van der Waals surface area contributed by atoms with Crippen LogP contribution in [0.2, 0.25) is 0 Å². The van der Waals surface area contributed by atoms with Gasteiger partial charge in [0.25, 0.3) is 0 Å². The van der Waals surface area contributed by atoms with Gasteiger partial charge in [0.15, 0.2) is 0 Å². The van der Waals surface area contributed by atoms with Crippen LogP contribution in [0.5, 0.6) is 0 Å². The van der Waals surface area contributed by atoms with E-state index in [0.29, 0.717) is 0 Å². The molecule has 0 nitrogen and oxygen atoms in total. The van der Waals surface area contributed by atoms with Crippen LogP contribution in [0.1, 0.15) is 13.3 Å². The molecule has 6 aliphatic rings. The molecule has 0 N–H and O–H groups in total. The van der Waals surface area contributed by atoms with Crippen molar-refractivity contribution in [2.45, 2.75) is 21.2 Å². The molecule has 6 fully saturated rings. The van der Waals surface area contributed by atoms with E-state index in [4.69, 9.17) is 0 Å². The van der Waals surface area contributed by atoms with E-state index in [2.05, 4.69) is 52.1 Å². The van der Waals surface area contributed by atoms with Crippen molar-refractivity contribution in [2.75, 3.05) is 0 Å².